The Kier molecular flexibility index (Phi) is 7.85. The smallest absolute Gasteiger partial charge is 0.333 e. The van der Waals surface area contributed by atoms with Crippen LogP contribution in [0.3, 0.4) is 0 Å². The monoisotopic (exact) mass is 229 g/mol. The van der Waals surface area contributed by atoms with Crippen molar-refractivity contribution in [2.75, 3.05) is 33.9 Å². The number of carbonyl (C=O) groups is 1. The average Bonchev–Trinajstić information content (AvgIpc) is 2.28. The minimum absolute atomic E-state index is 0.268. The lowest BCUT2D eigenvalue weighted by atomic mass is 10.2. The molecule has 0 spiro atoms. The van der Waals surface area contributed by atoms with Gasteiger partial charge < -0.3 is 9.47 Å². The van der Waals surface area contributed by atoms with Gasteiger partial charge in [-0.2, -0.15) is 0 Å². The fourth-order valence-electron chi connectivity index (χ4n) is 1.47. The first-order valence-corrected chi connectivity index (χ1v) is 5.54. The number of carbonyl (C=O) groups excluding carboxylic acids is 1. The molecule has 0 N–H and O–H groups in total. The molecule has 0 saturated heterocycles. The van der Waals surface area contributed by atoms with Gasteiger partial charge in [-0.1, -0.05) is 13.0 Å². The Bertz CT molecular complexity index is 238. The summed E-state index contributed by atoms with van der Waals surface area (Å²) in [6, 6.07) is 0.344. The van der Waals surface area contributed by atoms with Gasteiger partial charge in [0, 0.05) is 25.3 Å². The number of ether oxygens (including phenoxy) is 2. The molecular weight excluding hydrogens is 206 g/mol. The van der Waals surface area contributed by atoms with E-state index in [1.54, 1.807) is 14.0 Å². The number of rotatable bonds is 7. The van der Waals surface area contributed by atoms with E-state index in [0.717, 1.165) is 13.1 Å². The number of likely N-dealkylation sites (N-methyl/N-ethyl adjacent to an activating group) is 1. The zero-order valence-corrected chi connectivity index (χ0v) is 10.9. The van der Waals surface area contributed by atoms with E-state index >= 15 is 0 Å². The Morgan fingerprint density at radius 1 is 1.44 bits per heavy atom. The summed E-state index contributed by atoms with van der Waals surface area (Å²) in [7, 11) is 3.09. The van der Waals surface area contributed by atoms with Crippen molar-refractivity contribution in [1.29, 1.82) is 0 Å². The minimum atomic E-state index is -0.268. The van der Waals surface area contributed by atoms with E-state index in [1.807, 2.05) is 6.08 Å². The van der Waals surface area contributed by atoms with E-state index in [4.69, 9.17) is 4.74 Å². The number of methoxy groups -OCH3 is 2. The van der Waals surface area contributed by atoms with Crippen LogP contribution in [-0.4, -0.2) is 50.8 Å². The molecule has 0 amide bonds. The molecule has 4 heteroatoms. The van der Waals surface area contributed by atoms with Gasteiger partial charge in [-0.05, 0) is 20.4 Å². The van der Waals surface area contributed by atoms with E-state index < -0.39 is 0 Å². The molecule has 1 unspecified atom stereocenters. The van der Waals surface area contributed by atoms with Crippen LogP contribution in [0.2, 0.25) is 0 Å². The molecule has 0 aromatic rings. The molecule has 0 rings (SSSR count). The zero-order valence-electron chi connectivity index (χ0n) is 10.9. The van der Waals surface area contributed by atoms with Gasteiger partial charge in [-0.15, -0.1) is 0 Å². The highest BCUT2D eigenvalue weighted by molar-refractivity contribution is 5.87. The molecular formula is C12H23NO3. The summed E-state index contributed by atoms with van der Waals surface area (Å²) in [5.41, 5.74) is 0.644. The molecule has 1 atom stereocenters. The van der Waals surface area contributed by atoms with Crippen LogP contribution < -0.4 is 0 Å². The highest BCUT2D eigenvalue weighted by atomic mass is 16.5. The lowest BCUT2D eigenvalue weighted by molar-refractivity contribution is -0.136. The Hall–Kier alpha value is -0.870. The number of nitrogens with zero attached hydrogens (tertiary/aromatic N) is 1. The second-order valence-electron chi connectivity index (χ2n) is 3.77. The van der Waals surface area contributed by atoms with Crippen LogP contribution in [0.1, 0.15) is 20.8 Å². The molecule has 94 valence electrons. The van der Waals surface area contributed by atoms with Gasteiger partial charge in [-0.25, -0.2) is 4.79 Å². The van der Waals surface area contributed by atoms with Gasteiger partial charge in [0.1, 0.15) is 0 Å². The number of esters is 1. The summed E-state index contributed by atoms with van der Waals surface area (Å²) in [5, 5.41) is 0. The summed E-state index contributed by atoms with van der Waals surface area (Å²) in [4.78, 5) is 13.4. The molecule has 0 aromatic heterocycles. The Balaban J connectivity index is 4.27. The maximum Gasteiger partial charge on any atom is 0.333 e. The fraction of sp³-hybridized carbons (Fsp3) is 0.750. The summed E-state index contributed by atoms with van der Waals surface area (Å²) in [6.07, 6.45) is 1.89. The third-order valence-electron chi connectivity index (χ3n) is 2.58. The van der Waals surface area contributed by atoms with Gasteiger partial charge in [0.05, 0.1) is 13.7 Å². The molecule has 0 heterocycles. The first-order valence-electron chi connectivity index (χ1n) is 5.54. The van der Waals surface area contributed by atoms with Crippen LogP contribution in [0.15, 0.2) is 11.6 Å². The molecule has 0 aliphatic carbocycles. The molecule has 0 fully saturated rings. The van der Waals surface area contributed by atoms with E-state index in [1.165, 1.54) is 7.11 Å². The molecule has 4 nitrogen and oxygen atoms in total. The van der Waals surface area contributed by atoms with E-state index in [-0.39, 0.29) is 5.97 Å². The van der Waals surface area contributed by atoms with E-state index in [2.05, 4.69) is 23.5 Å². The van der Waals surface area contributed by atoms with Crippen molar-refractivity contribution in [2.24, 2.45) is 0 Å². The van der Waals surface area contributed by atoms with Gasteiger partial charge in [0.15, 0.2) is 0 Å². The first-order chi connectivity index (χ1) is 7.56. The molecule has 16 heavy (non-hydrogen) atoms. The minimum Gasteiger partial charge on any atom is -0.466 e. The van der Waals surface area contributed by atoms with Crippen molar-refractivity contribution in [3.05, 3.63) is 11.6 Å². The second-order valence-corrected chi connectivity index (χ2v) is 3.77. The van der Waals surface area contributed by atoms with Crippen molar-refractivity contribution in [1.82, 2.24) is 4.90 Å². The Morgan fingerprint density at radius 2 is 2.06 bits per heavy atom. The number of hydrogen-bond donors (Lipinski definition) is 0. The molecule has 0 aliphatic heterocycles. The van der Waals surface area contributed by atoms with Crippen LogP contribution in [0.4, 0.5) is 0 Å². The van der Waals surface area contributed by atoms with Gasteiger partial charge >= 0.3 is 5.97 Å². The van der Waals surface area contributed by atoms with Crippen molar-refractivity contribution < 1.29 is 14.3 Å². The van der Waals surface area contributed by atoms with Crippen LogP contribution in [0.5, 0.6) is 0 Å². The normalized spacial score (nSPS) is 14.0. The Morgan fingerprint density at radius 3 is 2.50 bits per heavy atom. The van der Waals surface area contributed by atoms with Crippen molar-refractivity contribution >= 4 is 5.97 Å². The molecule has 0 aliphatic rings. The largest absolute Gasteiger partial charge is 0.466 e. The quantitative estimate of drug-likeness (QED) is 0.489. The topological polar surface area (TPSA) is 38.8 Å². The van der Waals surface area contributed by atoms with E-state index in [9.17, 15) is 4.79 Å². The van der Waals surface area contributed by atoms with Crippen molar-refractivity contribution in [2.45, 2.75) is 26.8 Å². The lowest BCUT2D eigenvalue weighted by Crippen LogP contribution is -2.36. The van der Waals surface area contributed by atoms with Gasteiger partial charge in [-0.3, -0.25) is 4.90 Å². The summed E-state index contributed by atoms with van der Waals surface area (Å²) in [5.74, 6) is -0.268. The van der Waals surface area contributed by atoms with Crippen molar-refractivity contribution in [3.63, 3.8) is 0 Å². The molecule has 0 aromatic carbocycles. The second kappa shape index (κ2) is 8.30. The molecule has 0 radical (unpaired) electrons. The summed E-state index contributed by atoms with van der Waals surface area (Å²) < 4.78 is 9.74. The predicted octanol–water partition coefficient (Wildman–Crippen LogP) is 1.46. The standard InChI is InChI=1S/C12H23NO3/c1-6-13(11(3)9-15-4)8-7-10(2)12(14)16-5/h7,11H,6,8-9H2,1-5H3. The van der Waals surface area contributed by atoms with Crippen molar-refractivity contribution in [3.8, 4) is 0 Å². The number of hydrogen-bond acceptors (Lipinski definition) is 4. The summed E-state index contributed by atoms with van der Waals surface area (Å²) >= 11 is 0. The van der Waals surface area contributed by atoms with Crippen LogP contribution >= 0.6 is 0 Å². The third kappa shape index (κ3) is 5.28. The van der Waals surface area contributed by atoms with Crippen LogP contribution in [-0.2, 0) is 14.3 Å². The van der Waals surface area contributed by atoms with Gasteiger partial charge in [0.25, 0.3) is 0 Å². The first kappa shape index (κ1) is 15.1. The predicted molar refractivity (Wildman–Crippen MR) is 64.4 cm³/mol. The van der Waals surface area contributed by atoms with Gasteiger partial charge in [0.2, 0.25) is 0 Å². The Labute approximate surface area is 98.2 Å². The molecule has 0 saturated carbocycles. The highest BCUT2D eigenvalue weighted by Gasteiger charge is 2.11. The fourth-order valence-corrected chi connectivity index (χ4v) is 1.47. The lowest BCUT2D eigenvalue weighted by Gasteiger charge is -2.26. The summed E-state index contributed by atoms with van der Waals surface area (Å²) in [6.45, 7) is 8.32. The SMILES string of the molecule is CCN(CC=C(C)C(=O)OC)C(C)COC. The molecule has 0 bridgehead atoms. The highest BCUT2D eigenvalue weighted by Crippen LogP contribution is 2.02. The van der Waals surface area contributed by atoms with E-state index in [0.29, 0.717) is 18.2 Å². The van der Waals surface area contributed by atoms with Crippen LogP contribution in [0.25, 0.3) is 0 Å². The van der Waals surface area contributed by atoms with Crippen LogP contribution in [0, 0.1) is 0 Å². The zero-order chi connectivity index (χ0) is 12.6. The third-order valence-corrected chi connectivity index (χ3v) is 2.58. The maximum absolute atomic E-state index is 11.2. The average molecular weight is 229 g/mol. The maximum atomic E-state index is 11.2.